The van der Waals surface area contributed by atoms with Crippen LogP contribution in [0.3, 0.4) is 0 Å². The second-order valence-electron chi connectivity index (χ2n) is 4.10. The van der Waals surface area contributed by atoms with Gasteiger partial charge < -0.3 is 15.5 Å². The lowest BCUT2D eigenvalue weighted by molar-refractivity contribution is -0.384. The van der Waals surface area contributed by atoms with Gasteiger partial charge in [0.05, 0.1) is 22.5 Å². The predicted molar refractivity (Wildman–Crippen MR) is 67.9 cm³/mol. The highest BCUT2D eigenvalue weighted by atomic mass is 32.2. The van der Waals surface area contributed by atoms with Crippen LogP contribution in [0.2, 0.25) is 0 Å². The van der Waals surface area contributed by atoms with Crippen LogP contribution in [-0.4, -0.2) is 48.3 Å². The Kier molecular flexibility index (Phi) is 5.32. The number of sulfone groups is 1. The molecule has 0 aromatic heterocycles. The molecule has 124 valence electrons. The van der Waals surface area contributed by atoms with E-state index in [9.17, 15) is 31.7 Å². The molecule has 1 aromatic carbocycles. The molecule has 8 nitrogen and oxygen atoms in total. The lowest BCUT2D eigenvalue weighted by Gasteiger charge is -2.12. The molecule has 22 heavy (non-hydrogen) atoms. The fourth-order valence-electron chi connectivity index (χ4n) is 1.41. The summed E-state index contributed by atoms with van der Waals surface area (Å²) in [5.74, 6) is 0. The molecule has 1 aromatic rings. The van der Waals surface area contributed by atoms with Crippen molar-refractivity contribution in [1.82, 2.24) is 0 Å². The van der Waals surface area contributed by atoms with Gasteiger partial charge in [-0.15, -0.1) is 0 Å². The van der Waals surface area contributed by atoms with Crippen LogP contribution in [0.25, 0.3) is 0 Å². The van der Waals surface area contributed by atoms with Crippen LogP contribution < -0.4 is 5.32 Å². The lowest BCUT2D eigenvalue weighted by atomic mass is 10.2. The van der Waals surface area contributed by atoms with Crippen LogP contribution in [-0.2, 0) is 9.84 Å². The Morgan fingerprint density at radius 2 is 1.95 bits per heavy atom. The van der Waals surface area contributed by atoms with Gasteiger partial charge in [0.25, 0.3) is 15.5 Å². The van der Waals surface area contributed by atoms with E-state index >= 15 is 0 Å². The van der Waals surface area contributed by atoms with Crippen LogP contribution in [0.1, 0.15) is 0 Å². The Hall–Kier alpha value is -1.92. The minimum atomic E-state index is -5.71. The Balaban J connectivity index is 3.24. The van der Waals surface area contributed by atoms with Gasteiger partial charge in [-0.05, 0) is 12.1 Å². The topological polar surface area (TPSA) is 130 Å². The minimum Gasteiger partial charge on any atom is -0.394 e. The van der Waals surface area contributed by atoms with E-state index in [1.807, 2.05) is 0 Å². The zero-order valence-electron chi connectivity index (χ0n) is 10.7. The van der Waals surface area contributed by atoms with E-state index in [-0.39, 0.29) is 18.3 Å². The van der Waals surface area contributed by atoms with Gasteiger partial charge in [-0.3, -0.25) is 10.1 Å². The first-order chi connectivity index (χ1) is 10.0. The first kappa shape index (κ1) is 18.1. The second-order valence-corrected chi connectivity index (χ2v) is 6.04. The Morgan fingerprint density at radius 3 is 2.41 bits per heavy atom. The standard InChI is InChI=1S/C10H11F3N2O6S/c11-10(12,13)22(20,21)7-1-2-8(9(3-7)15(18)19)14-4-6(17)5-16/h1-3,6,14,16-17H,4-5H2. The molecule has 0 aliphatic carbocycles. The van der Waals surface area contributed by atoms with E-state index in [0.717, 1.165) is 6.07 Å². The number of benzene rings is 1. The zero-order chi connectivity index (χ0) is 17.1. The average molecular weight is 344 g/mol. The van der Waals surface area contributed by atoms with E-state index in [2.05, 4.69) is 5.32 Å². The quantitative estimate of drug-likeness (QED) is 0.510. The van der Waals surface area contributed by atoms with Crippen molar-refractivity contribution in [1.29, 1.82) is 0 Å². The monoisotopic (exact) mass is 344 g/mol. The van der Waals surface area contributed by atoms with Gasteiger partial charge in [0.1, 0.15) is 5.69 Å². The van der Waals surface area contributed by atoms with Crippen LogP contribution in [0, 0.1) is 10.1 Å². The van der Waals surface area contributed by atoms with Crippen LogP contribution in [0.4, 0.5) is 24.5 Å². The predicted octanol–water partition coefficient (Wildman–Crippen LogP) is 0.653. The average Bonchev–Trinajstić information content (AvgIpc) is 2.42. The molecule has 0 aliphatic rings. The number of anilines is 1. The molecular weight excluding hydrogens is 333 g/mol. The number of halogens is 3. The first-order valence-corrected chi connectivity index (χ1v) is 7.11. The molecule has 3 N–H and O–H groups in total. The Morgan fingerprint density at radius 1 is 1.36 bits per heavy atom. The smallest absolute Gasteiger partial charge is 0.394 e. The molecule has 1 unspecified atom stereocenters. The number of nitrogens with zero attached hydrogens (tertiary/aromatic N) is 1. The molecule has 0 heterocycles. The van der Waals surface area contributed by atoms with Gasteiger partial charge in [-0.1, -0.05) is 0 Å². The molecule has 0 bridgehead atoms. The summed E-state index contributed by atoms with van der Waals surface area (Å²) < 4.78 is 59.7. The largest absolute Gasteiger partial charge is 0.501 e. The molecule has 0 saturated heterocycles. The van der Waals surface area contributed by atoms with Crippen molar-refractivity contribution in [2.75, 3.05) is 18.5 Å². The maximum atomic E-state index is 12.4. The number of hydrogen-bond donors (Lipinski definition) is 3. The Bertz CT molecular complexity index is 661. The third-order valence-electron chi connectivity index (χ3n) is 2.52. The van der Waals surface area contributed by atoms with Gasteiger partial charge >= 0.3 is 5.51 Å². The summed E-state index contributed by atoms with van der Waals surface area (Å²) in [7, 11) is -5.71. The number of aliphatic hydroxyl groups excluding tert-OH is 2. The molecule has 0 aliphatic heterocycles. The molecule has 1 rings (SSSR count). The third-order valence-corrected chi connectivity index (χ3v) is 4.00. The van der Waals surface area contributed by atoms with Gasteiger partial charge in [0, 0.05) is 12.6 Å². The fourth-order valence-corrected chi connectivity index (χ4v) is 2.19. The van der Waals surface area contributed by atoms with E-state index < -0.39 is 43.6 Å². The van der Waals surface area contributed by atoms with Crippen molar-refractivity contribution in [3.8, 4) is 0 Å². The Labute approximate surface area is 122 Å². The summed E-state index contributed by atoms with van der Waals surface area (Å²) in [6.07, 6.45) is -1.25. The van der Waals surface area contributed by atoms with Gasteiger partial charge in [-0.2, -0.15) is 13.2 Å². The molecule has 0 fully saturated rings. The maximum absolute atomic E-state index is 12.4. The number of rotatable bonds is 6. The van der Waals surface area contributed by atoms with Crippen molar-refractivity contribution in [2.45, 2.75) is 16.5 Å². The summed E-state index contributed by atoms with van der Waals surface area (Å²) in [6, 6.07) is 1.61. The number of nitro groups is 1. The number of nitro benzene ring substituents is 1. The molecular formula is C10H11F3N2O6S. The van der Waals surface area contributed by atoms with Gasteiger partial charge in [-0.25, -0.2) is 8.42 Å². The van der Waals surface area contributed by atoms with E-state index in [0.29, 0.717) is 6.07 Å². The number of alkyl halides is 3. The highest BCUT2D eigenvalue weighted by Crippen LogP contribution is 2.34. The maximum Gasteiger partial charge on any atom is 0.501 e. The second kappa shape index (κ2) is 6.46. The van der Waals surface area contributed by atoms with Gasteiger partial charge in [0.15, 0.2) is 0 Å². The molecule has 0 spiro atoms. The normalized spacial score (nSPS) is 13.7. The van der Waals surface area contributed by atoms with E-state index in [4.69, 9.17) is 10.2 Å². The molecule has 0 saturated carbocycles. The summed E-state index contributed by atoms with van der Waals surface area (Å²) in [6.45, 7) is -0.954. The third kappa shape index (κ3) is 3.84. The first-order valence-electron chi connectivity index (χ1n) is 5.63. The van der Waals surface area contributed by atoms with Crippen LogP contribution in [0.15, 0.2) is 23.1 Å². The van der Waals surface area contributed by atoms with E-state index in [1.54, 1.807) is 0 Å². The summed E-state index contributed by atoms with van der Waals surface area (Å²) in [5.41, 5.74) is -6.78. The molecule has 12 heteroatoms. The van der Waals surface area contributed by atoms with Crippen molar-refractivity contribution in [2.24, 2.45) is 0 Å². The van der Waals surface area contributed by atoms with Crippen LogP contribution in [0.5, 0.6) is 0 Å². The van der Waals surface area contributed by atoms with Gasteiger partial charge in [0.2, 0.25) is 0 Å². The fraction of sp³-hybridized carbons (Fsp3) is 0.400. The van der Waals surface area contributed by atoms with Crippen molar-refractivity contribution >= 4 is 21.2 Å². The zero-order valence-corrected chi connectivity index (χ0v) is 11.6. The van der Waals surface area contributed by atoms with Crippen LogP contribution >= 0.6 is 0 Å². The number of aliphatic hydroxyl groups is 2. The summed E-state index contributed by atoms with van der Waals surface area (Å²) in [5, 5.41) is 30.9. The van der Waals surface area contributed by atoms with Crippen molar-refractivity contribution < 1.29 is 36.7 Å². The number of nitrogens with one attached hydrogen (secondary N) is 1. The highest BCUT2D eigenvalue weighted by Gasteiger charge is 2.47. The highest BCUT2D eigenvalue weighted by molar-refractivity contribution is 7.92. The lowest BCUT2D eigenvalue weighted by Crippen LogP contribution is -2.24. The summed E-state index contributed by atoms with van der Waals surface area (Å²) >= 11 is 0. The molecule has 0 radical (unpaired) electrons. The van der Waals surface area contributed by atoms with E-state index in [1.165, 1.54) is 0 Å². The van der Waals surface area contributed by atoms with Crippen molar-refractivity contribution in [3.05, 3.63) is 28.3 Å². The number of hydrogen-bond acceptors (Lipinski definition) is 7. The van der Waals surface area contributed by atoms with Crippen molar-refractivity contribution in [3.63, 3.8) is 0 Å². The molecule has 1 atom stereocenters. The molecule has 0 amide bonds. The minimum absolute atomic E-state index is 0.274. The summed E-state index contributed by atoms with van der Waals surface area (Å²) in [4.78, 5) is 8.51. The SMILES string of the molecule is O=[N+]([O-])c1cc(S(=O)(=O)C(F)(F)F)ccc1NCC(O)CO.